The highest BCUT2D eigenvalue weighted by Crippen LogP contribution is 2.37. The third-order valence-corrected chi connectivity index (χ3v) is 6.21. The number of aliphatic hydroxyl groups excluding tert-OH is 4. The Hall–Kier alpha value is -1.54. The van der Waals surface area contributed by atoms with Gasteiger partial charge in [-0.25, -0.2) is 0 Å². The topological polar surface area (TPSA) is 124 Å². The van der Waals surface area contributed by atoms with Crippen LogP contribution in [-0.2, 0) is 14.3 Å². The molecule has 0 saturated heterocycles. The first-order valence-corrected chi connectivity index (χ1v) is 12.6. The summed E-state index contributed by atoms with van der Waals surface area (Å²) >= 11 is 0. The molecule has 0 aromatic rings. The first-order chi connectivity index (χ1) is 15.9. The molecule has 7 heteroatoms. The number of esters is 1. The van der Waals surface area contributed by atoms with Crippen LogP contribution in [0.25, 0.3) is 0 Å². The molecule has 0 spiro atoms. The number of ether oxygens (including phenoxy) is 1. The maximum Gasteiger partial charge on any atom is 0.306 e. The first-order valence-electron chi connectivity index (χ1n) is 12.6. The summed E-state index contributed by atoms with van der Waals surface area (Å²) in [6.45, 7) is 1.44. The molecule has 1 aliphatic rings. The van der Waals surface area contributed by atoms with Crippen LogP contribution in [0.2, 0.25) is 0 Å². The van der Waals surface area contributed by atoms with Gasteiger partial charge in [0.1, 0.15) is 18.3 Å². The molecule has 0 heterocycles. The van der Waals surface area contributed by atoms with Crippen molar-refractivity contribution >= 4 is 11.8 Å². The van der Waals surface area contributed by atoms with Crippen LogP contribution in [0.1, 0.15) is 96.8 Å². The number of carbonyl (C=O) groups is 2. The van der Waals surface area contributed by atoms with Gasteiger partial charge in [0.15, 0.2) is 11.4 Å². The summed E-state index contributed by atoms with van der Waals surface area (Å²) in [6, 6.07) is 0. The monoisotopic (exact) mass is 468 g/mol. The van der Waals surface area contributed by atoms with Crippen molar-refractivity contribution < 1.29 is 34.8 Å². The SMILES string of the molecule is CCCCCC=CCC=CCCCCCCCC(=O)O[C@@]1([C@@H](O)[C@H](O)[C@H](O)CO)CCC1=O. The summed E-state index contributed by atoms with van der Waals surface area (Å²) in [7, 11) is 0. The largest absolute Gasteiger partial charge is 0.448 e. The van der Waals surface area contributed by atoms with E-state index in [4.69, 9.17) is 9.84 Å². The molecule has 1 rings (SSSR count). The van der Waals surface area contributed by atoms with Gasteiger partial charge in [-0.3, -0.25) is 9.59 Å². The van der Waals surface area contributed by atoms with Crippen molar-refractivity contribution in [3.63, 3.8) is 0 Å². The summed E-state index contributed by atoms with van der Waals surface area (Å²) in [4.78, 5) is 24.3. The molecule has 4 atom stereocenters. The van der Waals surface area contributed by atoms with Crippen molar-refractivity contribution in [2.75, 3.05) is 6.61 Å². The third-order valence-electron chi connectivity index (χ3n) is 6.21. The van der Waals surface area contributed by atoms with E-state index in [0.29, 0.717) is 6.42 Å². The van der Waals surface area contributed by atoms with Crippen LogP contribution in [0, 0.1) is 0 Å². The van der Waals surface area contributed by atoms with Gasteiger partial charge in [0, 0.05) is 19.3 Å². The molecule has 1 saturated carbocycles. The van der Waals surface area contributed by atoms with Crippen molar-refractivity contribution in [3.05, 3.63) is 24.3 Å². The molecule has 0 amide bonds. The summed E-state index contributed by atoms with van der Waals surface area (Å²) < 4.78 is 5.28. The second kappa shape index (κ2) is 17.0. The van der Waals surface area contributed by atoms with Gasteiger partial charge in [-0.15, -0.1) is 0 Å². The van der Waals surface area contributed by atoms with Crippen molar-refractivity contribution in [2.24, 2.45) is 0 Å². The average molecular weight is 469 g/mol. The van der Waals surface area contributed by atoms with Crippen molar-refractivity contribution in [3.8, 4) is 0 Å². The van der Waals surface area contributed by atoms with E-state index in [1.807, 2.05) is 0 Å². The molecule has 1 aliphatic carbocycles. The predicted molar refractivity (Wildman–Crippen MR) is 128 cm³/mol. The molecular weight excluding hydrogens is 424 g/mol. The van der Waals surface area contributed by atoms with E-state index < -0.39 is 42.3 Å². The zero-order valence-electron chi connectivity index (χ0n) is 20.2. The average Bonchev–Trinajstić information content (AvgIpc) is 2.82. The van der Waals surface area contributed by atoms with E-state index in [0.717, 1.165) is 38.5 Å². The lowest BCUT2D eigenvalue weighted by atomic mass is 9.72. The molecule has 0 aliphatic heterocycles. The van der Waals surface area contributed by atoms with E-state index in [9.17, 15) is 24.9 Å². The Morgan fingerprint density at radius 3 is 2.12 bits per heavy atom. The Labute approximate surface area is 198 Å². The summed E-state index contributed by atoms with van der Waals surface area (Å²) in [6.07, 6.45) is 15.8. The molecule has 0 aromatic carbocycles. The smallest absolute Gasteiger partial charge is 0.306 e. The minimum atomic E-state index is -1.82. The van der Waals surface area contributed by atoms with Gasteiger partial charge in [-0.2, -0.15) is 0 Å². The quantitative estimate of drug-likeness (QED) is 0.130. The summed E-state index contributed by atoms with van der Waals surface area (Å²) in [5, 5.41) is 38.7. The Balaban J connectivity index is 2.16. The van der Waals surface area contributed by atoms with Crippen molar-refractivity contribution in [1.29, 1.82) is 0 Å². The van der Waals surface area contributed by atoms with E-state index in [2.05, 4.69) is 31.2 Å². The standard InChI is InChI=1S/C26H44O7/c1-2-3-4-5-6-7-8-9-10-11-12-13-14-15-16-17-23(30)33-26(19-18-22(26)29)25(32)24(31)21(28)20-27/h6-7,9-10,21,24-25,27-28,31-32H,2-5,8,11-20H2,1H3/t21-,24-,25+,26+/m1/s1. The highest BCUT2D eigenvalue weighted by molar-refractivity contribution is 5.95. The van der Waals surface area contributed by atoms with Gasteiger partial charge in [0.2, 0.25) is 0 Å². The molecule has 4 N–H and O–H groups in total. The van der Waals surface area contributed by atoms with Gasteiger partial charge in [-0.05, 0) is 38.5 Å². The maximum absolute atomic E-state index is 12.2. The van der Waals surface area contributed by atoms with Gasteiger partial charge in [-0.1, -0.05) is 63.3 Å². The fraction of sp³-hybridized carbons (Fsp3) is 0.769. The number of allylic oxidation sites excluding steroid dienone is 4. The Morgan fingerprint density at radius 1 is 0.970 bits per heavy atom. The zero-order chi connectivity index (χ0) is 24.5. The molecular formula is C26H44O7. The number of carbonyl (C=O) groups excluding carboxylic acids is 2. The molecule has 0 radical (unpaired) electrons. The number of hydrogen-bond donors (Lipinski definition) is 4. The second-order valence-corrected chi connectivity index (χ2v) is 8.95. The lowest BCUT2D eigenvalue weighted by Gasteiger charge is -2.44. The van der Waals surface area contributed by atoms with E-state index in [1.165, 1.54) is 25.7 Å². The number of unbranched alkanes of at least 4 members (excludes halogenated alkanes) is 8. The van der Waals surface area contributed by atoms with Gasteiger partial charge in [0.05, 0.1) is 6.61 Å². The van der Waals surface area contributed by atoms with Crippen molar-refractivity contribution in [1.82, 2.24) is 0 Å². The highest BCUT2D eigenvalue weighted by Gasteiger charge is 2.58. The number of rotatable bonds is 19. The number of hydrogen-bond acceptors (Lipinski definition) is 7. The lowest BCUT2D eigenvalue weighted by Crippen LogP contribution is -2.64. The van der Waals surface area contributed by atoms with Crippen LogP contribution in [-0.4, -0.2) is 62.7 Å². The third kappa shape index (κ3) is 10.5. The Kier molecular flexibility index (Phi) is 15.2. The molecule has 190 valence electrons. The number of Topliss-reactive ketones (excluding diaryl/α,β-unsaturated/α-hetero) is 1. The van der Waals surface area contributed by atoms with E-state index >= 15 is 0 Å². The van der Waals surface area contributed by atoms with E-state index in [1.54, 1.807) is 0 Å². The van der Waals surface area contributed by atoms with Crippen LogP contribution >= 0.6 is 0 Å². The Morgan fingerprint density at radius 2 is 1.58 bits per heavy atom. The fourth-order valence-corrected chi connectivity index (χ4v) is 3.88. The summed E-state index contributed by atoms with van der Waals surface area (Å²) in [5.41, 5.74) is -1.82. The Bertz CT molecular complexity index is 616. The fourth-order valence-electron chi connectivity index (χ4n) is 3.88. The van der Waals surface area contributed by atoms with Gasteiger partial charge >= 0.3 is 5.97 Å². The molecule has 33 heavy (non-hydrogen) atoms. The minimum Gasteiger partial charge on any atom is -0.448 e. The zero-order valence-corrected chi connectivity index (χ0v) is 20.2. The maximum atomic E-state index is 12.2. The van der Waals surface area contributed by atoms with Crippen LogP contribution in [0.15, 0.2) is 24.3 Å². The van der Waals surface area contributed by atoms with Crippen LogP contribution in [0.4, 0.5) is 0 Å². The van der Waals surface area contributed by atoms with Gasteiger partial charge < -0.3 is 25.2 Å². The molecule has 0 unspecified atom stereocenters. The molecule has 7 nitrogen and oxygen atoms in total. The van der Waals surface area contributed by atoms with Crippen molar-refractivity contribution in [2.45, 2.75) is 121 Å². The predicted octanol–water partition coefficient (Wildman–Crippen LogP) is 3.52. The minimum absolute atomic E-state index is 0.0934. The van der Waals surface area contributed by atoms with Crippen LogP contribution in [0.5, 0.6) is 0 Å². The molecule has 1 fully saturated rings. The first kappa shape index (κ1) is 29.5. The van der Waals surface area contributed by atoms with Crippen LogP contribution < -0.4 is 0 Å². The van der Waals surface area contributed by atoms with Gasteiger partial charge in [0.25, 0.3) is 0 Å². The molecule has 0 aromatic heterocycles. The summed E-state index contributed by atoms with van der Waals surface area (Å²) in [5.74, 6) is -1.08. The lowest BCUT2D eigenvalue weighted by molar-refractivity contribution is -0.211. The normalized spacial score (nSPS) is 21.3. The number of ketones is 1. The highest BCUT2D eigenvalue weighted by atomic mass is 16.6. The molecule has 0 bridgehead atoms. The van der Waals surface area contributed by atoms with E-state index in [-0.39, 0.29) is 19.3 Å². The number of aliphatic hydroxyl groups is 4. The van der Waals surface area contributed by atoms with Crippen LogP contribution in [0.3, 0.4) is 0 Å². The second-order valence-electron chi connectivity index (χ2n) is 8.95.